The average Bonchev–Trinajstić information content (AvgIpc) is 1.63. The molecule has 0 bridgehead atoms. The van der Waals surface area contributed by atoms with Crippen molar-refractivity contribution in [3.8, 4) is 0 Å². The second-order valence-corrected chi connectivity index (χ2v) is 2.29. The van der Waals surface area contributed by atoms with Crippen molar-refractivity contribution in [2.24, 2.45) is 0 Å². The van der Waals surface area contributed by atoms with Gasteiger partial charge >= 0.3 is 0 Å². The third kappa shape index (κ3) is 3.76. The Labute approximate surface area is 56.2 Å². The number of rotatable bonds is 2. The standard InChI is InChI=1S/C7H13NO/c1-6(8(3)4)5-7(2)9/h5H,1-4H3. The van der Waals surface area contributed by atoms with Crippen LogP contribution in [0.15, 0.2) is 11.8 Å². The summed E-state index contributed by atoms with van der Waals surface area (Å²) in [7, 11) is 3.82. The number of hydrogen-bond donors (Lipinski definition) is 0. The molecule has 0 aliphatic heterocycles. The number of carbonyl (C=O) groups is 1. The minimum atomic E-state index is 0.0983. The molecule has 0 aliphatic carbocycles. The summed E-state index contributed by atoms with van der Waals surface area (Å²) in [4.78, 5) is 12.4. The maximum absolute atomic E-state index is 10.5. The van der Waals surface area contributed by atoms with Gasteiger partial charge in [0, 0.05) is 19.8 Å². The molecule has 0 aliphatic rings. The SMILES string of the molecule is CC(=O)C=C(C)N(C)C. The summed E-state index contributed by atoms with van der Waals surface area (Å²) in [6, 6.07) is 0. The minimum absolute atomic E-state index is 0.0983. The van der Waals surface area contributed by atoms with Gasteiger partial charge in [0.1, 0.15) is 0 Å². The van der Waals surface area contributed by atoms with Crippen molar-refractivity contribution in [3.63, 3.8) is 0 Å². The summed E-state index contributed by atoms with van der Waals surface area (Å²) >= 11 is 0. The summed E-state index contributed by atoms with van der Waals surface area (Å²) in [6.07, 6.45) is 1.61. The molecule has 0 aromatic rings. The molecule has 0 heterocycles. The second kappa shape index (κ2) is 3.28. The molecule has 0 rings (SSSR count). The van der Waals surface area contributed by atoms with E-state index in [1.165, 1.54) is 0 Å². The Morgan fingerprint density at radius 1 is 1.33 bits per heavy atom. The van der Waals surface area contributed by atoms with Crippen LogP contribution in [0.4, 0.5) is 0 Å². The molecule has 0 aromatic heterocycles. The fourth-order valence-corrected chi connectivity index (χ4v) is 0.423. The van der Waals surface area contributed by atoms with Crippen molar-refractivity contribution in [2.75, 3.05) is 14.1 Å². The highest BCUT2D eigenvalue weighted by Crippen LogP contribution is 1.94. The molecule has 0 unspecified atom stereocenters. The highest BCUT2D eigenvalue weighted by atomic mass is 16.1. The molecule has 2 heteroatoms. The molecular weight excluding hydrogens is 114 g/mol. The van der Waals surface area contributed by atoms with Crippen LogP contribution in [0.3, 0.4) is 0 Å². The molecular formula is C7H13NO. The van der Waals surface area contributed by atoms with Gasteiger partial charge in [-0.05, 0) is 19.9 Å². The zero-order valence-electron chi connectivity index (χ0n) is 6.43. The Morgan fingerprint density at radius 2 is 1.78 bits per heavy atom. The molecule has 0 atom stereocenters. The van der Waals surface area contributed by atoms with Crippen molar-refractivity contribution in [1.82, 2.24) is 4.90 Å². The van der Waals surface area contributed by atoms with Gasteiger partial charge in [-0.15, -0.1) is 0 Å². The normalized spacial score (nSPS) is 11.3. The van der Waals surface area contributed by atoms with E-state index < -0.39 is 0 Å². The van der Waals surface area contributed by atoms with Crippen molar-refractivity contribution in [1.29, 1.82) is 0 Å². The Kier molecular flexibility index (Phi) is 2.99. The van der Waals surface area contributed by atoms with Gasteiger partial charge in [0.2, 0.25) is 0 Å². The molecule has 0 saturated carbocycles. The summed E-state index contributed by atoms with van der Waals surface area (Å²) in [5.74, 6) is 0.0983. The first-order valence-corrected chi connectivity index (χ1v) is 2.90. The van der Waals surface area contributed by atoms with Gasteiger partial charge in [0.15, 0.2) is 5.78 Å². The summed E-state index contributed by atoms with van der Waals surface area (Å²) in [5, 5.41) is 0. The fourth-order valence-electron chi connectivity index (χ4n) is 0.423. The largest absolute Gasteiger partial charge is 0.381 e. The van der Waals surface area contributed by atoms with Gasteiger partial charge in [-0.25, -0.2) is 0 Å². The number of ketones is 1. The smallest absolute Gasteiger partial charge is 0.154 e. The lowest BCUT2D eigenvalue weighted by Crippen LogP contribution is -2.09. The molecule has 0 amide bonds. The van der Waals surface area contributed by atoms with Crippen LogP contribution in [0.2, 0.25) is 0 Å². The molecule has 0 saturated heterocycles. The van der Waals surface area contributed by atoms with Crippen LogP contribution in [-0.2, 0) is 4.79 Å². The van der Waals surface area contributed by atoms with Crippen molar-refractivity contribution < 1.29 is 4.79 Å². The topological polar surface area (TPSA) is 20.3 Å². The second-order valence-electron chi connectivity index (χ2n) is 2.29. The van der Waals surface area contributed by atoms with E-state index in [0.717, 1.165) is 5.70 Å². The van der Waals surface area contributed by atoms with E-state index >= 15 is 0 Å². The van der Waals surface area contributed by atoms with Gasteiger partial charge in [-0.3, -0.25) is 4.79 Å². The molecule has 0 N–H and O–H groups in total. The van der Waals surface area contributed by atoms with Crippen LogP contribution in [0.1, 0.15) is 13.8 Å². The Bertz CT molecular complexity index is 136. The minimum Gasteiger partial charge on any atom is -0.381 e. The highest BCUT2D eigenvalue weighted by Gasteiger charge is 1.91. The van der Waals surface area contributed by atoms with E-state index in [2.05, 4.69) is 0 Å². The van der Waals surface area contributed by atoms with Crippen molar-refractivity contribution in [2.45, 2.75) is 13.8 Å². The zero-order chi connectivity index (χ0) is 7.44. The Morgan fingerprint density at radius 3 is 1.89 bits per heavy atom. The fraction of sp³-hybridized carbons (Fsp3) is 0.571. The van der Waals surface area contributed by atoms with E-state index in [1.807, 2.05) is 25.9 Å². The lowest BCUT2D eigenvalue weighted by Gasteiger charge is -2.10. The van der Waals surface area contributed by atoms with Crippen LogP contribution in [0.5, 0.6) is 0 Å². The summed E-state index contributed by atoms with van der Waals surface area (Å²) in [5.41, 5.74) is 0.988. The van der Waals surface area contributed by atoms with Crippen molar-refractivity contribution in [3.05, 3.63) is 11.8 Å². The predicted molar refractivity (Wildman–Crippen MR) is 38.1 cm³/mol. The third-order valence-electron chi connectivity index (χ3n) is 1.12. The van der Waals surface area contributed by atoms with Crippen LogP contribution in [-0.4, -0.2) is 24.8 Å². The first kappa shape index (κ1) is 8.21. The van der Waals surface area contributed by atoms with Crippen molar-refractivity contribution >= 4 is 5.78 Å². The van der Waals surface area contributed by atoms with Gasteiger partial charge in [-0.2, -0.15) is 0 Å². The molecule has 0 aromatic carbocycles. The van der Waals surface area contributed by atoms with Gasteiger partial charge < -0.3 is 4.90 Å². The molecule has 0 radical (unpaired) electrons. The quantitative estimate of drug-likeness (QED) is 0.516. The lowest BCUT2D eigenvalue weighted by molar-refractivity contribution is -0.112. The maximum Gasteiger partial charge on any atom is 0.154 e. The van der Waals surface area contributed by atoms with E-state index in [-0.39, 0.29) is 5.78 Å². The Hall–Kier alpha value is -0.790. The summed E-state index contributed by atoms with van der Waals surface area (Å²) < 4.78 is 0. The molecule has 0 spiro atoms. The van der Waals surface area contributed by atoms with E-state index in [0.29, 0.717) is 0 Å². The molecule has 2 nitrogen and oxygen atoms in total. The average molecular weight is 127 g/mol. The lowest BCUT2D eigenvalue weighted by atomic mass is 10.3. The predicted octanol–water partition coefficient (Wildman–Crippen LogP) is 1.04. The summed E-state index contributed by atoms with van der Waals surface area (Å²) in [6.45, 7) is 3.45. The molecule has 52 valence electrons. The van der Waals surface area contributed by atoms with Gasteiger partial charge in [0.05, 0.1) is 0 Å². The first-order valence-electron chi connectivity index (χ1n) is 2.90. The van der Waals surface area contributed by atoms with E-state index in [1.54, 1.807) is 13.0 Å². The van der Waals surface area contributed by atoms with Crippen LogP contribution < -0.4 is 0 Å². The third-order valence-corrected chi connectivity index (χ3v) is 1.12. The van der Waals surface area contributed by atoms with Crippen LogP contribution in [0, 0.1) is 0 Å². The highest BCUT2D eigenvalue weighted by molar-refractivity contribution is 5.87. The molecule has 0 fully saturated rings. The maximum atomic E-state index is 10.5. The Balaban J connectivity index is 4.00. The molecule has 9 heavy (non-hydrogen) atoms. The number of nitrogens with zero attached hydrogens (tertiary/aromatic N) is 1. The monoisotopic (exact) mass is 127 g/mol. The number of carbonyl (C=O) groups excluding carboxylic acids is 1. The van der Waals surface area contributed by atoms with E-state index in [9.17, 15) is 4.79 Å². The van der Waals surface area contributed by atoms with Gasteiger partial charge in [0.25, 0.3) is 0 Å². The first-order chi connectivity index (χ1) is 4.04. The number of hydrogen-bond acceptors (Lipinski definition) is 2. The number of allylic oxidation sites excluding steroid dienone is 2. The zero-order valence-corrected chi connectivity index (χ0v) is 6.43. The van der Waals surface area contributed by atoms with Crippen LogP contribution >= 0.6 is 0 Å². The van der Waals surface area contributed by atoms with Gasteiger partial charge in [-0.1, -0.05) is 0 Å². The van der Waals surface area contributed by atoms with Crippen LogP contribution in [0.25, 0.3) is 0 Å². The van der Waals surface area contributed by atoms with E-state index in [4.69, 9.17) is 0 Å².